The fourth-order valence-electron chi connectivity index (χ4n) is 1.32. The number of anilines is 1. The van der Waals surface area contributed by atoms with Gasteiger partial charge in [0.05, 0.1) is 23.1 Å². The van der Waals surface area contributed by atoms with Gasteiger partial charge in [-0.2, -0.15) is 5.26 Å². The van der Waals surface area contributed by atoms with Crippen LogP contribution in [0.2, 0.25) is 0 Å². The van der Waals surface area contributed by atoms with Gasteiger partial charge in [-0.1, -0.05) is 13.8 Å². The zero-order chi connectivity index (χ0) is 13.1. The molecule has 6 heteroatoms. The summed E-state index contributed by atoms with van der Waals surface area (Å²) >= 11 is 3.23. The summed E-state index contributed by atoms with van der Waals surface area (Å²) in [5.74, 6) is 0.129. The molecule has 0 atom stereocenters. The maximum absolute atomic E-state index is 11.7. The van der Waals surface area contributed by atoms with Crippen LogP contribution in [0.1, 0.15) is 19.4 Å². The summed E-state index contributed by atoms with van der Waals surface area (Å²) in [6.45, 7) is 3.68. The van der Waals surface area contributed by atoms with Crippen molar-refractivity contribution in [2.45, 2.75) is 13.8 Å². The molecular formula is C11H13BrN2O2S. The summed E-state index contributed by atoms with van der Waals surface area (Å²) in [6.07, 6.45) is 0. The van der Waals surface area contributed by atoms with Crippen molar-refractivity contribution < 1.29 is 8.42 Å². The van der Waals surface area contributed by atoms with Crippen LogP contribution in [0.4, 0.5) is 5.69 Å². The van der Waals surface area contributed by atoms with E-state index in [0.29, 0.717) is 15.7 Å². The van der Waals surface area contributed by atoms with Gasteiger partial charge in [-0.05, 0) is 40.0 Å². The average molecular weight is 317 g/mol. The maximum Gasteiger partial charge on any atom is 0.233 e. The molecule has 1 rings (SSSR count). The van der Waals surface area contributed by atoms with Crippen LogP contribution in [0.15, 0.2) is 22.7 Å². The molecule has 0 heterocycles. The first kappa shape index (κ1) is 14.0. The van der Waals surface area contributed by atoms with Gasteiger partial charge in [0.1, 0.15) is 0 Å². The van der Waals surface area contributed by atoms with E-state index in [2.05, 4.69) is 20.7 Å². The molecule has 0 unspecified atom stereocenters. The minimum atomic E-state index is -3.34. The molecule has 0 saturated carbocycles. The molecule has 0 spiro atoms. The van der Waals surface area contributed by atoms with E-state index in [0.717, 1.165) is 0 Å². The molecule has 4 nitrogen and oxygen atoms in total. The highest BCUT2D eigenvalue weighted by Crippen LogP contribution is 2.24. The summed E-state index contributed by atoms with van der Waals surface area (Å²) in [5.41, 5.74) is 0.924. The summed E-state index contributed by atoms with van der Waals surface area (Å²) in [4.78, 5) is 0. The van der Waals surface area contributed by atoms with Crippen molar-refractivity contribution in [2.75, 3.05) is 10.5 Å². The minimum Gasteiger partial charge on any atom is -0.282 e. The Morgan fingerprint density at radius 3 is 2.59 bits per heavy atom. The molecule has 0 fully saturated rings. The number of hydrogen-bond donors (Lipinski definition) is 1. The van der Waals surface area contributed by atoms with Gasteiger partial charge < -0.3 is 0 Å². The smallest absolute Gasteiger partial charge is 0.233 e. The van der Waals surface area contributed by atoms with E-state index in [1.807, 2.05) is 19.9 Å². The second-order valence-electron chi connectivity index (χ2n) is 4.08. The number of halogens is 1. The first-order valence-electron chi connectivity index (χ1n) is 5.04. The number of hydrogen-bond acceptors (Lipinski definition) is 3. The lowest BCUT2D eigenvalue weighted by Gasteiger charge is -2.11. The van der Waals surface area contributed by atoms with Crippen molar-refractivity contribution in [3.05, 3.63) is 28.2 Å². The molecule has 17 heavy (non-hydrogen) atoms. The molecule has 0 bridgehead atoms. The standard InChI is InChI=1S/C11H13BrN2O2S/c1-8(2)7-17(15,16)14-11-4-3-9(6-13)5-10(11)12/h3-5,8,14H,7H2,1-2H3. The third-order valence-corrected chi connectivity index (χ3v) is 4.21. The third-order valence-electron chi connectivity index (χ3n) is 1.92. The number of benzene rings is 1. The molecular weight excluding hydrogens is 304 g/mol. The van der Waals surface area contributed by atoms with E-state index in [1.165, 1.54) is 0 Å². The highest BCUT2D eigenvalue weighted by atomic mass is 79.9. The quantitative estimate of drug-likeness (QED) is 0.928. The Hall–Kier alpha value is -1.06. The summed E-state index contributed by atoms with van der Waals surface area (Å²) in [6, 6.07) is 6.70. The highest BCUT2D eigenvalue weighted by Gasteiger charge is 2.14. The van der Waals surface area contributed by atoms with Crippen LogP contribution in [-0.2, 0) is 10.0 Å². The Balaban J connectivity index is 2.94. The van der Waals surface area contributed by atoms with Gasteiger partial charge in [-0.3, -0.25) is 4.72 Å². The minimum absolute atomic E-state index is 0.0599. The van der Waals surface area contributed by atoms with Crippen molar-refractivity contribution in [3.8, 4) is 6.07 Å². The monoisotopic (exact) mass is 316 g/mol. The van der Waals surface area contributed by atoms with E-state index in [1.54, 1.807) is 18.2 Å². The maximum atomic E-state index is 11.7. The Bertz CT molecular complexity index is 547. The van der Waals surface area contributed by atoms with E-state index in [-0.39, 0.29) is 11.7 Å². The fourth-order valence-corrected chi connectivity index (χ4v) is 3.40. The van der Waals surface area contributed by atoms with E-state index >= 15 is 0 Å². The van der Waals surface area contributed by atoms with Crippen LogP contribution in [0.25, 0.3) is 0 Å². The summed E-state index contributed by atoms with van der Waals surface area (Å²) < 4.78 is 26.5. The molecule has 0 aromatic heterocycles. The van der Waals surface area contributed by atoms with Gasteiger partial charge in [-0.25, -0.2) is 8.42 Å². The predicted octanol–water partition coefficient (Wildman–Crippen LogP) is 2.72. The first-order chi connectivity index (χ1) is 7.84. The molecule has 1 aromatic rings. The van der Waals surface area contributed by atoms with Crippen LogP contribution in [0.3, 0.4) is 0 Å². The van der Waals surface area contributed by atoms with Crippen molar-refractivity contribution >= 4 is 31.6 Å². The van der Waals surface area contributed by atoms with Gasteiger partial charge in [-0.15, -0.1) is 0 Å². The van der Waals surface area contributed by atoms with Gasteiger partial charge in [0.25, 0.3) is 0 Å². The lowest BCUT2D eigenvalue weighted by molar-refractivity contribution is 0.587. The SMILES string of the molecule is CC(C)CS(=O)(=O)Nc1ccc(C#N)cc1Br. The molecule has 1 aromatic carbocycles. The number of nitrogens with one attached hydrogen (secondary N) is 1. The highest BCUT2D eigenvalue weighted by molar-refractivity contribution is 9.10. The third kappa shape index (κ3) is 4.36. The lowest BCUT2D eigenvalue weighted by atomic mass is 10.2. The average Bonchev–Trinajstić information content (AvgIpc) is 2.18. The van der Waals surface area contributed by atoms with Crippen LogP contribution < -0.4 is 4.72 Å². The molecule has 0 amide bonds. The Morgan fingerprint density at radius 2 is 2.12 bits per heavy atom. The Morgan fingerprint density at radius 1 is 1.47 bits per heavy atom. The van der Waals surface area contributed by atoms with Gasteiger partial charge >= 0.3 is 0 Å². The van der Waals surface area contributed by atoms with E-state index in [4.69, 9.17) is 5.26 Å². The molecule has 0 aliphatic rings. The number of sulfonamides is 1. The second kappa shape index (κ2) is 5.52. The number of rotatable bonds is 4. The van der Waals surface area contributed by atoms with Gasteiger partial charge in [0, 0.05) is 4.47 Å². The van der Waals surface area contributed by atoms with Crippen LogP contribution in [0.5, 0.6) is 0 Å². The molecule has 0 aliphatic heterocycles. The van der Waals surface area contributed by atoms with Crippen LogP contribution >= 0.6 is 15.9 Å². The topological polar surface area (TPSA) is 70.0 Å². The normalized spacial score (nSPS) is 11.2. The molecule has 0 saturated heterocycles. The van der Waals surface area contributed by atoms with E-state index in [9.17, 15) is 8.42 Å². The van der Waals surface area contributed by atoms with Crippen molar-refractivity contribution in [1.82, 2.24) is 0 Å². The molecule has 0 aliphatic carbocycles. The van der Waals surface area contributed by atoms with E-state index < -0.39 is 10.0 Å². The number of nitriles is 1. The van der Waals surface area contributed by atoms with Crippen LogP contribution in [0, 0.1) is 17.2 Å². The first-order valence-corrected chi connectivity index (χ1v) is 7.48. The molecule has 1 N–H and O–H groups in total. The van der Waals surface area contributed by atoms with Crippen molar-refractivity contribution in [1.29, 1.82) is 5.26 Å². The molecule has 0 radical (unpaired) electrons. The van der Waals surface area contributed by atoms with Gasteiger partial charge in [0.15, 0.2) is 0 Å². The predicted molar refractivity (Wildman–Crippen MR) is 71.1 cm³/mol. The van der Waals surface area contributed by atoms with Crippen molar-refractivity contribution in [2.24, 2.45) is 5.92 Å². The number of nitrogens with zero attached hydrogens (tertiary/aromatic N) is 1. The van der Waals surface area contributed by atoms with Crippen LogP contribution in [-0.4, -0.2) is 14.2 Å². The summed E-state index contributed by atoms with van der Waals surface area (Å²) in [7, 11) is -3.34. The largest absolute Gasteiger partial charge is 0.282 e. The van der Waals surface area contributed by atoms with Crippen molar-refractivity contribution in [3.63, 3.8) is 0 Å². The fraction of sp³-hybridized carbons (Fsp3) is 0.364. The summed E-state index contributed by atoms with van der Waals surface area (Å²) in [5, 5.41) is 8.69. The van der Waals surface area contributed by atoms with Gasteiger partial charge in [0.2, 0.25) is 10.0 Å². The zero-order valence-corrected chi connectivity index (χ0v) is 12.0. The lowest BCUT2D eigenvalue weighted by Crippen LogP contribution is -2.20. The Labute approximate surface area is 110 Å². The Kier molecular flexibility index (Phi) is 4.54. The zero-order valence-electron chi connectivity index (χ0n) is 9.57. The molecule has 92 valence electrons. The second-order valence-corrected chi connectivity index (χ2v) is 6.71.